The average molecular weight is 895 g/mol. The summed E-state index contributed by atoms with van der Waals surface area (Å²) in [6.07, 6.45) is 9.17. The average Bonchev–Trinajstić information content (AvgIpc) is 3.90. The topological polar surface area (TPSA) is 194 Å². The van der Waals surface area contributed by atoms with Crippen LogP contribution in [0.4, 0.5) is 0 Å². The SMILES string of the molecule is CC(C)[C@H](NC(=O)CCCCCN1C(=O)CCC1=O)C(=O)C[C@@H](C)C(=O)NCCCCn1nc(-c2ccc(CC(=O)N3Cc4ccncc4C3)cc2)cc(-c2cccc3ncccc23)c1=O. The van der Waals surface area contributed by atoms with Gasteiger partial charge in [0, 0.05) is 93.9 Å². The molecule has 7 rings (SSSR count). The summed E-state index contributed by atoms with van der Waals surface area (Å²) in [4.78, 5) is 102. The lowest BCUT2D eigenvalue weighted by atomic mass is 9.92. The highest BCUT2D eigenvalue weighted by molar-refractivity contribution is 6.02. The lowest BCUT2D eigenvalue weighted by Gasteiger charge is -2.23. The van der Waals surface area contributed by atoms with Crippen LogP contribution in [0.3, 0.4) is 0 Å². The van der Waals surface area contributed by atoms with Crippen molar-refractivity contribution in [3.8, 4) is 22.4 Å². The fraction of sp³-hybridized carbons (Fsp3) is 0.412. The minimum atomic E-state index is -0.733. The van der Waals surface area contributed by atoms with E-state index in [2.05, 4.69) is 20.6 Å². The second-order valence-electron chi connectivity index (χ2n) is 17.7. The van der Waals surface area contributed by atoms with Gasteiger partial charge in [-0.25, -0.2) is 4.68 Å². The first-order chi connectivity index (χ1) is 31.9. The molecule has 0 unspecified atom stereocenters. The second-order valence-corrected chi connectivity index (χ2v) is 17.7. The predicted molar refractivity (Wildman–Crippen MR) is 249 cm³/mol. The number of nitrogens with zero attached hydrogens (tertiary/aromatic N) is 6. The summed E-state index contributed by atoms with van der Waals surface area (Å²) in [5.74, 6) is -1.80. The van der Waals surface area contributed by atoms with Crippen molar-refractivity contribution in [2.24, 2.45) is 11.8 Å². The monoisotopic (exact) mass is 894 g/mol. The number of imide groups is 1. The van der Waals surface area contributed by atoms with Crippen LogP contribution >= 0.6 is 0 Å². The van der Waals surface area contributed by atoms with Gasteiger partial charge in [0.1, 0.15) is 0 Å². The zero-order chi connectivity index (χ0) is 46.7. The van der Waals surface area contributed by atoms with Gasteiger partial charge in [-0.15, -0.1) is 0 Å². The molecule has 0 saturated carbocycles. The molecule has 2 aliphatic heterocycles. The van der Waals surface area contributed by atoms with E-state index in [1.54, 1.807) is 19.3 Å². The Balaban J connectivity index is 0.925. The van der Waals surface area contributed by atoms with Crippen LogP contribution in [0, 0.1) is 11.8 Å². The van der Waals surface area contributed by atoms with Crippen molar-refractivity contribution in [2.75, 3.05) is 13.1 Å². The Morgan fingerprint density at radius 3 is 2.29 bits per heavy atom. The number of pyridine rings is 2. The molecule has 0 aliphatic carbocycles. The Hall–Kier alpha value is -6.90. The maximum atomic E-state index is 14.1. The number of rotatable bonds is 21. The van der Waals surface area contributed by atoms with Gasteiger partial charge >= 0.3 is 0 Å². The first-order valence-electron chi connectivity index (χ1n) is 23.0. The van der Waals surface area contributed by atoms with E-state index >= 15 is 0 Å². The molecule has 15 heteroatoms. The van der Waals surface area contributed by atoms with E-state index in [-0.39, 0.29) is 78.9 Å². The van der Waals surface area contributed by atoms with Gasteiger partial charge in [-0.05, 0) is 78.1 Å². The summed E-state index contributed by atoms with van der Waals surface area (Å²) in [7, 11) is 0. The molecule has 1 fully saturated rings. The molecule has 0 spiro atoms. The molecule has 0 bridgehead atoms. The molecular formula is C51H58N8O7. The van der Waals surface area contributed by atoms with Gasteiger partial charge < -0.3 is 15.5 Å². The van der Waals surface area contributed by atoms with Crippen LogP contribution in [-0.2, 0) is 54.8 Å². The Morgan fingerprint density at radius 1 is 0.773 bits per heavy atom. The van der Waals surface area contributed by atoms with Gasteiger partial charge in [-0.3, -0.25) is 48.4 Å². The number of fused-ring (bicyclic) bond motifs is 2. The quantitative estimate of drug-likeness (QED) is 0.0657. The van der Waals surface area contributed by atoms with Crippen LogP contribution in [0.25, 0.3) is 33.3 Å². The molecular weight excluding hydrogens is 837 g/mol. The largest absolute Gasteiger partial charge is 0.356 e. The summed E-state index contributed by atoms with van der Waals surface area (Å²) < 4.78 is 1.47. The molecule has 2 N–H and O–H groups in total. The van der Waals surface area contributed by atoms with E-state index in [4.69, 9.17) is 5.10 Å². The first kappa shape index (κ1) is 47.1. The smallest absolute Gasteiger partial charge is 0.274 e. The number of ketones is 1. The third-order valence-electron chi connectivity index (χ3n) is 12.4. The van der Waals surface area contributed by atoms with Gasteiger partial charge in [0.25, 0.3) is 5.56 Å². The number of aryl methyl sites for hydroxylation is 1. The van der Waals surface area contributed by atoms with E-state index in [0.29, 0.717) is 76.1 Å². The lowest BCUT2D eigenvalue weighted by Crippen LogP contribution is -2.45. The van der Waals surface area contributed by atoms with Gasteiger partial charge in [0.15, 0.2) is 5.78 Å². The van der Waals surface area contributed by atoms with E-state index in [9.17, 15) is 33.6 Å². The number of Topliss-reactive ketones (excluding diaryl/α,β-unsaturated/α-hetero) is 1. The highest BCUT2D eigenvalue weighted by atomic mass is 16.2. The van der Waals surface area contributed by atoms with Crippen LogP contribution in [0.15, 0.2) is 90.1 Å². The van der Waals surface area contributed by atoms with Crippen LogP contribution in [0.5, 0.6) is 0 Å². The molecule has 5 aromatic rings. The number of carbonyl (C=O) groups excluding carboxylic acids is 6. The molecule has 344 valence electrons. The molecule has 66 heavy (non-hydrogen) atoms. The number of benzene rings is 2. The van der Waals surface area contributed by atoms with E-state index in [1.165, 1.54) is 9.58 Å². The van der Waals surface area contributed by atoms with Crippen molar-refractivity contribution in [3.05, 3.63) is 112 Å². The van der Waals surface area contributed by atoms with Crippen LogP contribution in [0.2, 0.25) is 0 Å². The standard InChI is InChI=1S/C51H58N8O7/c1-33(2)49(55-45(61)14-5-4-7-25-58-46(62)19-20-47(58)63)44(60)27-34(3)50(65)54-22-6-8-26-59-51(66)41(39-11-9-13-42-40(39)12-10-23-53-42)29-43(56-59)36-17-15-35(16-18-36)28-48(64)57-31-37-21-24-52-30-38(37)32-57/h9-13,15-18,21,23-24,29-30,33-34,49H,4-8,14,19-20,22,25-28,31-32H2,1-3H3,(H,54,65)(H,55,61)/t34-,49+/m1/s1. The molecule has 5 heterocycles. The van der Waals surface area contributed by atoms with E-state index in [1.807, 2.05) is 91.7 Å². The molecule has 2 atom stereocenters. The van der Waals surface area contributed by atoms with Crippen molar-refractivity contribution >= 4 is 46.2 Å². The number of nitrogens with one attached hydrogen (secondary N) is 2. The molecule has 2 aliphatic rings. The van der Waals surface area contributed by atoms with Crippen LogP contribution in [-0.4, -0.2) is 84.0 Å². The molecule has 0 radical (unpaired) electrons. The minimum absolute atomic E-state index is 0.0339. The number of amides is 5. The maximum Gasteiger partial charge on any atom is 0.274 e. The van der Waals surface area contributed by atoms with Crippen molar-refractivity contribution in [1.82, 2.24) is 40.2 Å². The molecule has 2 aromatic carbocycles. The van der Waals surface area contributed by atoms with Gasteiger partial charge in [0.2, 0.25) is 29.5 Å². The third kappa shape index (κ3) is 11.7. The molecule has 5 amide bonds. The highest BCUT2D eigenvalue weighted by Gasteiger charge is 2.29. The zero-order valence-electron chi connectivity index (χ0n) is 38.0. The maximum absolute atomic E-state index is 14.1. The fourth-order valence-corrected chi connectivity index (χ4v) is 8.60. The van der Waals surface area contributed by atoms with Crippen molar-refractivity contribution < 1.29 is 28.8 Å². The normalized spacial score (nSPS) is 14.4. The highest BCUT2D eigenvalue weighted by Crippen LogP contribution is 2.29. The number of aromatic nitrogens is 4. The Morgan fingerprint density at radius 2 is 1.53 bits per heavy atom. The zero-order valence-corrected chi connectivity index (χ0v) is 38.0. The van der Waals surface area contributed by atoms with Crippen LogP contribution in [0.1, 0.15) is 95.2 Å². The number of unbranched alkanes of at least 4 members (excludes halogenated alkanes) is 3. The lowest BCUT2D eigenvalue weighted by molar-refractivity contribution is -0.138. The Kier molecular flexibility index (Phi) is 15.6. The van der Waals surface area contributed by atoms with Crippen molar-refractivity contribution in [1.29, 1.82) is 0 Å². The van der Waals surface area contributed by atoms with Crippen molar-refractivity contribution in [2.45, 2.75) is 111 Å². The van der Waals surface area contributed by atoms with E-state index in [0.717, 1.165) is 38.7 Å². The molecule has 15 nitrogen and oxygen atoms in total. The van der Waals surface area contributed by atoms with Gasteiger partial charge in [-0.2, -0.15) is 5.10 Å². The minimum Gasteiger partial charge on any atom is -0.356 e. The summed E-state index contributed by atoms with van der Waals surface area (Å²) in [5, 5.41) is 11.4. The van der Waals surface area contributed by atoms with E-state index < -0.39 is 12.0 Å². The molecule has 3 aromatic heterocycles. The number of likely N-dealkylation sites (tertiary alicyclic amines) is 1. The summed E-state index contributed by atoms with van der Waals surface area (Å²) >= 11 is 0. The Bertz CT molecular complexity index is 2610. The fourth-order valence-electron chi connectivity index (χ4n) is 8.60. The van der Waals surface area contributed by atoms with Crippen molar-refractivity contribution in [3.63, 3.8) is 0 Å². The van der Waals surface area contributed by atoms with Gasteiger partial charge in [-0.1, -0.05) is 69.7 Å². The first-order valence-corrected chi connectivity index (χ1v) is 23.0. The summed E-state index contributed by atoms with van der Waals surface area (Å²) in [5.41, 5.74) is 6.17. The third-order valence-corrected chi connectivity index (χ3v) is 12.4. The molecule has 1 saturated heterocycles. The second kappa shape index (κ2) is 21.9. The van der Waals surface area contributed by atoms with Gasteiger partial charge in [0.05, 0.1) is 29.2 Å². The number of hydrogen-bond donors (Lipinski definition) is 2. The summed E-state index contributed by atoms with van der Waals surface area (Å²) in [6, 6.07) is 20.2. The predicted octanol–water partition coefficient (Wildman–Crippen LogP) is 5.95. The summed E-state index contributed by atoms with van der Waals surface area (Å²) in [6.45, 7) is 7.50. The number of hydrogen-bond acceptors (Lipinski definition) is 10. The Labute approximate surface area is 384 Å². The number of carbonyl (C=O) groups is 6. The van der Waals surface area contributed by atoms with Crippen LogP contribution < -0.4 is 16.2 Å².